The molecule has 0 amide bonds. The Morgan fingerprint density at radius 2 is 1.95 bits per heavy atom. The number of hydrogen-bond acceptors (Lipinski definition) is 2. The summed E-state index contributed by atoms with van der Waals surface area (Å²) in [5.74, 6) is 6.37. The molecule has 4 nitrogen and oxygen atoms in total. The SMILES string of the molecule is CCc1ccc(N(C)C(=NC2CCCC2)NN)cc1. The third-order valence-corrected chi connectivity index (χ3v) is 3.81. The molecule has 1 fully saturated rings. The highest BCUT2D eigenvalue weighted by atomic mass is 15.4. The number of nitrogens with zero attached hydrogens (tertiary/aromatic N) is 2. The Morgan fingerprint density at radius 1 is 1.32 bits per heavy atom. The Bertz CT molecular complexity index is 418. The average Bonchev–Trinajstić information content (AvgIpc) is 2.97. The van der Waals surface area contributed by atoms with Crippen molar-refractivity contribution in [3.8, 4) is 0 Å². The van der Waals surface area contributed by atoms with Crippen molar-refractivity contribution in [2.45, 2.75) is 45.1 Å². The van der Waals surface area contributed by atoms with E-state index in [4.69, 9.17) is 10.8 Å². The summed E-state index contributed by atoms with van der Waals surface area (Å²) in [6, 6.07) is 8.94. The molecule has 1 aromatic rings. The molecule has 19 heavy (non-hydrogen) atoms. The molecule has 2 rings (SSSR count). The Balaban J connectivity index is 2.12. The molecule has 0 radical (unpaired) electrons. The van der Waals surface area contributed by atoms with E-state index in [1.807, 2.05) is 11.9 Å². The number of aryl methyl sites for hydroxylation is 1. The molecule has 1 saturated carbocycles. The molecule has 0 aliphatic heterocycles. The van der Waals surface area contributed by atoms with Crippen LogP contribution in [0.15, 0.2) is 29.3 Å². The largest absolute Gasteiger partial charge is 0.315 e. The number of nitrogens with one attached hydrogen (secondary N) is 1. The lowest BCUT2D eigenvalue weighted by Gasteiger charge is -2.22. The summed E-state index contributed by atoms with van der Waals surface area (Å²) in [6.45, 7) is 2.16. The van der Waals surface area contributed by atoms with Crippen LogP contribution in [0.2, 0.25) is 0 Å². The van der Waals surface area contributed by atoms with Crippen LogP contribution in [0.3, 0.4) is 0 Å². The predicted molar refractivity (Wildman–Crippen MR) is 81.2 cm³/mol. The van der Waals surface area contributed by atoms with Crippen molar-refractivity contribution in [3.63, 3.8) is 0 Å². The van der Waals surface area contributed by atoms with E-state index in [-0.39, 0.29) is 0 Å². The van der Waals surface area contributed by atoms with Crippen molar-refractivity contribution in [1.82, 2.24) is 5.43 Å². The van der Waals surface area contributed by atoms with Crippen molar-refractivity contribution in [2.24, 2.45) is 10.8 Å². The summed E-state index contributed by atoms with van der Waals surface area (Å²) in [4.78, 5) is 6.73. The lowest BCUT2D eigenvalue weighted by atomic mass is 10.1. The van der Waals surface area contributed by atoms with Crippen molar-refractivity contribution in [2.75, 3.05) is 11.9 Å². The molecule has 0 spiro atoms. The van der Waals surface area contributed by atoms with Gasteiger partial charge >= 0.3 is 0 Å². The van der Waals surface area contributed by atoms with Gasteiger partial charge in [-0.2, -0.15) is 0 Å². The van der Waals surface area contributed by atoms with Crippen LogP contribution in [0.4, 0.5) is 5.69 Å². The number of aliphatic imine (C=N–C) groups is 1. The van der Waals surface area contributed by atoms with E-state index in [1.54, 1.807) is 0 Å². The average molecular weight is 260 g/mol. The summed E-state index contributed by atoms with van der Waals surface area (Å²) >= 11 is 0. The highest BCUT2D eigenvalue weighted by Crippen LogP contribution is 2.22. The van der Waals surface area contributed by atoms with Crippen LogP contribution in [0.5, 0.6) is 0 Å². The summed E-state index contributed by atoms with van der Waals surface area (Å²) in [6.07, 6.45) is 5.96. The first kappa shape index (κ1) is 13.9. The number of guanidine groups is 1. The number of nitrogens with two attached hydrogens (primary N) is 1. The number of anilines is 1. The Hall–Kier alpha value is -1.55. The van der Waals surface area contributed by atoms with Gasteiger partial charge in [0, 0.05) is 12.7 Å². The molecule has 104 valence electrons. The van der Waals surface area contributed by atoms with Crippen LogP contribution >= 0.6 is 0 Å². The minimum atomic E-state index is 0.420. The van der Waals surface area contributed by atoms with Gasteiger partial charge in [0.25, 0.3) is 0 Å². The summed E-state index contributed by atoms with van der Waals surface area (Å²) in [5, 5.41) is 0. The maximum atomic E-state index is 5.62. The fourth-order valence-electron chi connectivity index (χ4n) is 2.50. The third kappa shape index (κ3) is 3.47. The quantitative estimate of drug-likeness (QED) is 0.380. The number of hydrogen-bond donors (Lipinski definition) is 2. The van der Waals surface area contributed by atoms with E-state index >= 15 is 0 Å². The van der Waals surface area contributed by atoms with Gasteiger partial charge in [-0.1, -0.05) is 31.9 Å². The molecule has 1 aromatic carbocycles. The first-order valence-corrected chi connectivity index (χ1v) is 7.11. The minimum Gasteiger partial charge on any atom is -0.315 e. The van der Waals surface area contributed by atoms with Crippen molar-refractivity contribution >= 4 is 11.6 Å². The molecule has 1 aliphatic carbocycles. The second kappa shape index (κ2) is 6.57. The minimum absolute atomic E-state index is 0.420. The smallest absolute Gasteiger partial charge is 0.212 e. The fraction of sp³-hybridized carbons (Fsp3) is 0.533. The zero-order chi connectivity index (χ0) is 13.7. The Kier molecular flexibility index (Phi) is 4.80. The zero-order valence-corrected chi connectivity index (χ0v) is 11.9. The van der Waals surface area contributed by atoms with E-state index in [0.717, 1.165) is 18.1 Å². The highest BCUT2D eigenvalue weighted by Gasteiger charge is 2.16. The number of hydrazine groups is 1. The second-order valence-corrected chi connectivity index (χ2v) is 5.11. The number of benzene rings is 1. The van der Waals surface area contributed by atoms with Crippen LogP contribution < -0.4 is 16.2 Å². The molecule has 1 aliphatic rings. The van der Waals surface area contributed by atoms with Crippen LogP contribution in [0, 0.1) is 0 Å². The molecule has 0 saturated heterocycles. The second-order valence-electron chi connectivity index (χ2n) is 5.11. The van der Waals surface area contributed by atoms with Crippen LogP contribution in [0.1, 0.15) is 38.2 Å². The van der Waals surface area contributed by atoms with Crippen molar-refractivity contribution in [1.29, 1.82) is 0 Å². The summed E-state index contributed by atoms with van der Waals surface area (Å²) < 4.78 is 0. The molecule has 0 heterocycles. The van der Waals surface area contributed by atoms with Gasteiger partial charge in [0.2, 0.25) is 5.96 Å². The molecule has 3 N–H and O–H groups in total. The summed E-state index contributed by atoms with van der Waals surface area (Å²) in [7, 11) is 1.99. The van der Waals surface area contributed by atoms with Gasteiger partial charge < -0.3 is 4.90 Å². The lowest BCUT2D eigenvalue weighted by Crippen LogP contribution is -2.43. The van der Waals surface area contributed by atoms with Gasteiger partial charge in [0.1, 0.15) is 0 Å². The third-order valence-electron chi connectivity index (χ3n) is 3.81. The highest BCUT2D eigenvalue weighted by molar-refractivity contribution is 5.95. The molecule has 4 heteroatoms. The van der Waals surface area contributed by atoms with Crippen LogP contribution in [0.25, 0.3) is 0 Å². The van der Waals surface area contributed by atoms with Gasteiger partial charge in [-0.15, -0.1) is 0 Å². The zero-order valence-electron chi connectivity index (χ0n) is 11.9. The normalized spacial score (nSPS) is 16.7. The lowest BCUT2D eigenvalue weighted by molar-refractivity contribution is 0.696. The molecule has 0 atom stereocenters. The fourth-order valence-corrected chi connectivity index (χ4v) is 2.50. The van der Waals surface area contributed by atoms with E-state index in [1.165, 1.54) is 31.2 Å². The summed E-state index contributed by atoms with van der Waals surface area (Å²) in [5.41, 5.74) is 5.18. The van der Waals surface area contributed by atoms with Crippen LogP contribution in [-0.4, -0.2) is 19.0 Å². The molecule has 0 aromatic heterocycles. The van der Waals surface area contributed by atoms with Crippen molar-refractivity contribution in [3.05, 3.63) is 29.8 Å². The van der Waals surface area contributed by atoms with Crippen molar-refractivity contribution < 1.29 is 0 Å². The van der Waals surface area contributed by atoms with E-state index < -0.39 is 0 Å². The Morgan fingerprint density at radius 3 is 2.47 bits per heavy atom. The molecule has 0 bridgehead atoms. The van der Waals surface area contributed by atoms with E-state index in [2.05, 4.69) is 36.6 Å². The molecular formula is C15H24N4. The predicted octanol–water partition coefficient (Wildman–Crippen LogP) is 2.45. The maximum absolute atomic E-state index is 5.62. The topological polar surface area (TPSA) is 53.6 Å². The van der Waals surface area contributed by atoms with Gasteiger partial charge in [-0.05, 0) is 37.0 Å². The standard InChI is InChI=1S/C15H24N4/c1-3-12-8-10-14(11-9-12)19(2)15(18-16)17-13-6-4-5-7-13/h8-11,13H,3-7,16H2,1-2H3,(H,17,18). The van der Waals surface area contributed by atoms with Gasteiger partial charge in [-0.3, -0.25) is 5.43 Å². The van der Waals surface area contributed by atoms with Gasteiger partial charge in [0.05, 0.1) is 6.04 Å². The number of rotatable bonds is 3. The van der Waals surface area contributed by atoms with E-state index in [9.17, 15) is 0 Å². The maximum Gasteiger partial charge on any atom is 0.212 e. The molecular weight excluding hydrogens is 236 g/mol. The van der Waals surface area contributed by atoms with E-state index in [0.29, 0.717) is 6.04 Å². The first-order valence-electron chi connectivity index (χ1n) is 7.11. The van der Waals surface area contributed by atoms with Gasteiger partial charge in [-0.25, -0.2) is 10.8 Å². The van der Waals surface area contributed by atoms with Gasteiger partial charge in [0.15, 0.2) is 0 Å². The monoisotopic (exact) mass is 260 g/mol. The first-order chi connectivity index (χ1) is 9.24. The Labute approximate surface area is 115 Å². The van der Waals surface area contributed by atoms with Crippen LogP contribution in [-0.2, 0) is 6.42 Å². The molecule has 0 unspecified atom stereocenters.